The van der Waals surface area contributed by atoms with Crippen LogP contribution in [0.25, 0.3) is 0 Å². The van der Waals surface area contributed by atoms with Gasteiger partial charge < -0.3 is 24.8 Å². The topological polar surface area (TPSA) is 79.2 Å². The second-order valence-electron chi connectivity index (χ2n) is 2.91. The van der Waals surface area contributed by atoms with Gasteiger partial charge in [-0.15, -0.1) is 0 Å². The van der Waals surface area contributed by atoms with Gasteiger partial charge in [0.2, 0.25) is 0 Å². The fourth-order valence-electron chi connectivity index (χ4n) is 1.33. The minimum Gasteiger partial charge on any atom is -0.394 e. The third kappa shape index (κ3) is 2.31. The second-order valence-corrected chi connectivity index (χ2v) is 4.23. The van der Waals surface area contributed by atoms with Crippen LogP contribution in [0.5, 0.6) is 0 Å². The maximum absolute atomic E-state index is 9.55. The molecule has 1 fully saturated rings. The second kappa shape index (κ2) is 4.85. The molecule has 0 aromatic rings. The van der Waals surface area contributed by atoms with E-state index < -0.39 is 28.5 Å². The first-order valence-electron chi connectivity index (χ1n) is 3.93. The van der Waals surface area contributed by atoms with Gasteiger partial charge in [0.1, 0.15) is 18.3 Å². The van der Waals surface area contributed by atoms with Gasteiger partial charge in [0.05, 0.1) is 6.61 Å². The number of ether oxygens (including phenoxy) is 2. The monoisotopic (exact) mass is 305 g/mol. The van der Waals surface area contributed by atoms with E-state index in [1.165, 1.54) is 7.11 Å². The molecular formula is C7H14IO5+. The van der Waals surface area contributed by atoms with Crippen molar-refractivity contribution in [2.45, 2.75) is 28.5 Å². The van der Waals surface area contributed by atoms with Gasteiger partial charge in [-0.2, -0.15) is 0 Å². The Morgan fingerprint density at radius 1 is 1.38 bits per heavy atom. The molecule has 3 N–H and O–H groups in total. The molecule has 6 heteroatoms. The zero-order chi connectivity index (χ0) is 10.0. The molecule has 0 aliphatic carbocycles. The normalized spacial score (nSPS) is 46.4. The number of aliphatic hydroxyl groups is 3. The number of halogens is 1. The molecule has 5 nitrogen and oxygen atoms in total. The van der Waals surface area contributed by atoms with Gasteiger partial charge >= 0.3 is 0 Å². The van der Waals surface area contributed by atoms with Crippen molar-refractivity contribution in [3.8, 4) is 0 Å². The molecule has 1 aliphatic rings. The number of rotatable bonds is 2. The summed E-state index contributed by atoms with van der Waals surface area (Å²) in [6, 6.07) is 0. The van der Waals surface area contributed by atoms with Crippen LogP contribution in [0.15, 0.2) is 0 Å². The molecule has 0 bridgehead atoms. The van der Waals surface area contributed by atoms with Crippen LogP contribution < -0.4 is 22.6 Å². The summed E-state index contributed by atoms with van der Waals surface area (Å²) in [5.74, 6) is 0. The standard InChI is InChI=1S/C7H14IO5/c1-12-6-4(10)3(2-9)13-7(8)5(6)11/h3-11H,2H2,1H3/q+1. The van der Waals surface area contributed by atoms with Crippen LogP contribution in [0.2, 0.25) is 0 Å². The average molecular weight is 305 g/mol. The molecule has 0 radical (unpaired) electrons. The Hall–Kier alpha value is 0.530. The van der Waals surface area contributed by atoms with E-state index in [2.05, 4.69) is 0 Å². The van der Waals surface area contributed by atoms with E-state index in [1.54, 1.807) is 22.6 Å². The van der Waals surface area contributed by atoms with Gasteiger partial charge in [0, 0.05) is 7.11 Å². The molecule has 5 atom stereocenters. The van der Waals surface area contributed by atoms with E-state index >= 15 is 0 Å². The molecule has 0 spiro atoms. The highest BCUT2D eigenvalue weighted by Crippen LogP contribution is 2.18. The van der Waals surface area contributed by atoms with E-state index in [1.807, 2.05) is 0 Å². The third-order valence-electron chi connectivity index (χ3n) is 2.09. The Morgan fingerprint density at radius 2 is 2.00 bits per heavy atom. The van der Waals surface area contributed by atoms with E-state index in [4.69, 9.17) is 14.6 Å². The highest BCUT2D eigenvalue weighted by molar-refractivity contribution is 4.88. The first-order valence-corrected chi connectivity index (χ1v) is 5.27. The Labute approximate surface area is 89.8 Å². The summed E-state index contributed by atoms with van der Waals surface area (Å²) < 4.78 is 9.67. The predicted molar refractivity (Wildman–Crippen MR) is 40.0 cm³/mol. The largest absolute Gasteiger partial charge is 0.394 e. The number of hydrogen-bond donors (Lipinski definition) is 3. The zero-order valence-electron chi connectivity index (χ0n) is 7.16. The van der Waals surface area contributed by atoms with Crippen molar-refractivity contribution in [1.29, 1.82) is 0 Å². The summed E-state index contributed by atoms with van der Waals surface area (Å²) >= 11 is 1.60. The highest BCUT2D eigenvalue weighted by atomic mass is 127. The third-order valence-corrected chi connectivity index (χ3v) is 3.21. The fourth-order valence-corrected chi connectivity index (χ4v) is 2.18. The van der Waals surface area contributed by atoms with E-state index in [0.717, 1.165) is 0 Å². The lowest BCUT2D eigenvalue weighted by atomic mass is 10.0. The molecule has 1 aliphatic heterocycles. The lowest BCUT2D eigenvalue weighted by molar-refractivity contribution is -0.533. The Morgan fingerprint density at radius 3 is 2.46 bits per heavy atom. The Balaban J connectivity index is 2.69. The molecule has 78 valence electrons. The minimum atomic E-state index is -0.983. The molecule has 5 unspecified atom stereocenters. The van der Waals surface area contributed by atoms with Crippen molar-refractivity contribution in [3.05, 3.63) is 0 Å². The molecule has 1 saturated heterocycles. The van der Waals surface area contributed by atoms with E-state index in [-0.39, 0.29) is 6.61 Å². The lowest BCUT2D eigenvalue weighted by Gasteiger charge is -2.36. The molecule has 1 rings (SSSR count). The molecule has 0 aromatic carbocycles. The summed E-state index contributed by atoms with van der Waals surface area (Å²) in [6.45, 7) is -0.278. The van der Waals surface area contributed by atoms with Crippen LogP contribution in [0, 0.1) is 0 Å². The lowest BCUT2D eigenvalue weighted by Crippen LogP contribution is -3.41. The maximum atomic E-state index is 9.55. The molecule has 1 heterocycles. The van der Waals surface area contributed by atoms with Gasteiger partial charge in [-0.25, -0.2) is 0 Å². The highest BCUT2D eigenvalue weighted by Gasteiger charge is 2.47. The van der Waals surface area contributed by atoms with Gasteiger partial charge in [-0.05, 0) is 0 Å². The summed E-state index contributed by atoms with van der Waals surface area (Å²) in [7, 11) is 1.41. The summed E-state index contributed by atoms with van der Waals surface area (Å²) in [6.07, 6.45) is -3.20. The number of methoxy groups -OCH3 is 1. The van der Waals surface area contributed by atoms with Crippen molar-refractivity contribution in [1.82, 2.24) is 0 Å². The maximum Gasteiger partial charge on any atom is 0.290 e. The van der Waals surface area contributed by atoms with Crippen molar-refractivity contribution in [2.24, 2.45) is 0 Å². The number of alkyl halides is 1. The summed E-state index contributed by atoms with van der Waals surface area (Å²) in [4.78, 5) is 0. The van der Waals surface area contributed by atoms with Crippen LogP contribution in [0.4, 0.5) is 0 Å². The van der Waals surface area contributed by atoms with Crippen LogP contribution in [-0.2, 0) is 9.47 Å². The molecular weight excluding hydrogens is 291 g/mol. The minimum absolute atomic E-state index is 0.278. The first-order chi connectivity index (χ1) is 6.11. The molecule has 0 amide bonds. The quantitative estimate of drug-likeness (QED) is 0.351. The summed E-state index contributed by atoms with van der Waals surface area (Å²) in [5, 5.41) is 27.9. The van der Waals surface area contributed by atoms with Gasteiger partial charge in [0.25, 0.3) is 26.7 Å². The van der Waals surface area contributed by atoms with Crippen LogP contribution in [0.3, 0.4) is 0 Å². The zero-order valence-corrected chi connectivity index (χ0v) is 9.49. The Kier molecular flexibility index (Phi) is 4.33. The molecule has 13 heavy (non-hydrogen) atoms. The smallest absolute Gasteiger partial charge is 0.290 e. The van der Waals surface area contributed by atoms with Gasteiger partial charge in [0.15, 0.2) is 6.10 Å². The van der Waals surface area contributed by atoms with Crippen molar-refractivity contribution < 1.29 is 47.4 Å². The van der Waals surface area contributed by atoms with Crippen LogP contribution >= 0.6 is 0 Å². The van der Waals surface area contributed by atoms with Gasteiger partial charge in [-0.1, -0.05) is 0 Å². The van der Waals surface area contributed by atoms with Crippen molar-refractivity contribution >= 4 is 0 Å². The molecule has 0 saturated carbocycles. The van der Waals surface area contributed by atoms with Crippen molar-refractivity contribution in [2.75, 3.05) is 13.7 Å². The van der Waals surface area contributed by atoms with Crippen LogP contribution in [0.1, 0.15) is 0 Å². The van der Waals surface area contributed by atoms with E-state index in [9.17, 15) is 10.2 Å². The molecule has 0 aromatic heterocycles. The number of aliphatic hydroxyl groups excluding tert-OH is 3. The summed E-state index contributed by atoms with van der Waals surface area (Å²) in [5.41, 5.74) is 0. The number of hydrogen-bond acceptors (Lipinski definition) is 5. The fraction of sp³-hybridized carbons (Fsp3) is 1.00. The predicted octanol–water partition coefficient (Wildman–Crippen LogP) is -5.27. The van der Waals surface area contributed by atoms with Gasteiger partial charge in [-0.3, -0.25) is 0 Å². The van der Waals surface area contributed by atoms with E-state index in [0.29, 0.717) is 0 Å². The van der Waals surface area contributed by atoms with Crippen LogP contribution in [-0.4, -0.2) is 57.6 Å². The SMILES string of the molecule is COC1C(O)C([IH+])OC(CO)C1O. The Bertz CT molecular complexity index is 167. The average Bonchev–Trinajstić information content (AvgIpc) is 2.12. The first kappa shape index (κ1) is 11.6. The van der Waals surface area contributed by atoms with Crippen molar-refractivity contribution in [3.63, 3.8) is 0 Å².